The Balaban J connectivity index is 1.45. The van der Waals surface area contributed by atoms with Crippen molar-refractivity contribution in [3.63, 3.8) is 0 Å². The monoisotopic (exact) mass is 505 g/mol. The zero-order valence-electron chi connectivity index (χ0n) is 22.2. The Morgan fingerprint density at radius 2 is 1.67 bits per heavy atom. The summed E-state index contributed by atoms with van der Waals surface area (Å²) in [5.74, 6) is 1.52. The maximum absolute atomic E-state index is 12.7. The number of piperidine rings is 1. The quantitative estimate of drug-likeness (QED) is 0.411. The molecule has 1 fully saturated rings. The summed E-state index contributed by atoms with van der Waals surface area (Å²) in [5.41, 5.74) is 6.66. The summed E-state index contributed by atoms with van der Waals surface area (Å²) in [5, 5.41) is 3.45. The SMILES string of the molecule is Cc1cnc(Nc2ccc(C3CCN(C)CC3)cc2)cc1Cc1cccc(CS(=O)(=O)C(C)(C)C)c1. The second-order valence-electron chi connectivity index (χ2n) is 11.2. The Morgan fingerprint density at radius 1 is 1.00 bits per heavy atom. The minimum atomic E-state index is -3.22. The number of benzene rings is 2. The molecule has 0 saturated carbocycles. The van der Waals surface area contributed by atoms with Gasteiger partial charge in [-0.1, -0.05) is 36.4 Å². The molecule has 6 heteroatoms. The molecule has 4 rings (SSSR count). The van der Waals surface area contributed by atoms with Crippen LogP contribution in [-0.2, 0) is 22.0 Å². The van der Waals surface area contributed by atoms with Crippen LogP contribution in [0, 0.1) is 6.92 Å². The molecule has 0 radical (unpaired) electrons. The Morgan fingerprint density at radius 3 is 2.33 bits per heavy atom. The first-order chi connectivity index (χ1) is 17.0. The van der Waals surface area contributed by atoms with Crippen molar-refractivity contribution in [1.29, 1.82) is 0 Å². The van der Waals surface area contributed by atoms with E-state index in [2.05, 4.69) is 65.6 Å². The highest BCUT2D eigenvalue weighted by molar-refractivity contribution is 7.91. The van der Waals surface area contributed by atoms with E-state index in [1.165, 1.54) is 24.0 Å². The van der Waals surface area contributed by atoms with E-state index in [0.29, 0.717) is 5.92 Å². The predicted molar refractivity (Wildman–Crippen MR) is 150 cm³/mol. The number of anilines is 2. The molecule has 5 nitrogen and oxygen atoms in total. The van der Waals surface area contributed by atoms with E-state index < -0.39 is 14.6 Å². The molecule has 2 aromatic carbocycles. The molecule has 36 heavy (non-hydrogen) atoms. The van der Waals surface area contributed by atoms with Crippen molar-refractivity contribution in [3.8, 4) is 0 Å². The first-order valence-corrected chi connectivity index (χ1v) is 14.5. The van der Waals surface area contributed by atoms with Gasteiger partial charge in [-0.05, 0) is 119 Å². The van der Waals surface area contributed by atoms with E-state index in [1.54, 1.807) is 20.8 Å². The minimum absolute atomic E-state index is 0.0556. The topological polar surface area (TPSA) is 62.3 Å². The molecule has 3 aromatic rings. The van der Waals surface area contributed by atoms with Crippen LogP contribution >= 0.6 is 0 Å². The average Bonchev–Trinajstić information content (AvgIpc) is 2.82. The highest BCUT2D eigenvalue weighted by Gasteiger charge is 2.29. The Bertz CT molecular complexity index is 1290. The van der Waals surface area contributed by atoms with Crippen molar-refractivity contribution in [2.24, 2.45) is 0 Å². The predicted octanol–water partition coefficient (Wildman–Crippen LogP) is 6.25. The lowest BCUT2D eigenvalue weighted by molar-refractivity contribution is 0.255. The van der Waals surface area contributed by atoms with Crippen LogP contribution in [0.2, 0.25) is 0 Å². The molecule has 0 atom stereocenters. The highest BCUT2D eigenvalue weighted by Crippen LogP contribution is 2.29. The normalized spacial score (nSPS) is 15.7. The largest absolute Gasteiger partial charge is 0.340 e. The molecule has 1 aliphatic rings. The maximum atomic E-state index is 12.7. The van der Waals surface area contributed by atoms with E-state index in [1.807, 2.05) is 24.4 Å². The van der Waals surface area contributed by atoms with Crippen LogP contribution in [-0.4, -0.2) is 43.2 Å². The third-order valence-electron chi connectivity index (χ3n) is 7.26. The van der Waals surface area contributed by atoms with Crippen LogP contribution in [0.4, 0.5) is 11.5 Å². The van der Waals surface area contributed by atoms with E-state index in [9.17, 15) is 8.42 Å². The molecule has 1 N–H and O–H groups in total. The van der Waals surface area contributed by atoms with Gasteiger partial charge in [0.05, 0.1) is 10.5 Å². The number of aryl methyl sites for hydroxylation is 1. The van der Waals surface area contributed by atoms with E-state index in [4.69, 9.17) is 0 Å². The zero-order valence-corrected chi connectivity index (χ0v) is 23.0. The molecule has 0 spiro atoms. The first kappa shape index (κ1) is 26.4. The van der Waals surface area contributed by atoms with Crippen LogP contribution in [0.1, 0.15) is 67.3 Å². The van der Waals surface area contributed by atoms with Gasteiger partial charge in [-0.2, -0.15) is 0 Å². The molecule has 192 valence electrons. The maximum Gasteiger partial charge on any atom is 0.159 e. The molecule has 0 aliphatic carbocycles. The van der Waals surface area contributed by atoms with Crippen molar-refractivity contribution in [3.05, 3.63) is 88.6 Å². The van der Waals surface area contributed by atoms with Crippen molar-refractivity contribution in [1.82, 2.24) is 9.88 Å². The third-order valence-corrected chi connectivity index (χ3v) is 9.84. The van der Waals surface area contributed by atoms with Crippen molar-refractivity contribution in [2.45, 2.75) is 63.4 Å². The Kier molecular flexibility index (Phi) is 7.86. The van der Waals surface area contributed by atoms with Crippen molar-refractivity contribution < 1.29 is 8.42 Å². The van der Waals surface area contributed by atoms with Crippen LogP contribution in [0.5, 0.6) is 0 Å². The van der Waals surface area contributed by atoms with E-state index >= 15 is 0 Å². The lowest BCUT2D eigenvalue weighted by atomic mass is 9.89. The highest BCUT2D eigenvalue weighted by atomic mass is 32.2. The summed E-state index contributed by atoms with van der Waals surface area (Å²) in [6.07, 6.45) is 5.06. The summed E-state index contributed by atoms with van der Waals surface area (Å²) in [4.78, 5) is 6.99. The molecular formula is C30H39N3O2S. The van der Waals surface area contributed by atoms with Crippen molar-refractivity contribution in [2.75, 3.05) is 25.5 Å². The van der Waals surface area contributed by atoms with Crippen LogP contribution in [0.15, 0.2) is 60.8 Å². The van der Waals surface area contributed by atoms with Gasteiger partial charge < -0.3 is 10.2 Å². The number of nitrogens with one attached hydrogen (secondary N) is 1. The third kappa shape index (κ3) is 6.54. The standard InChI is InChI=1S/C30H39N3O2S/c1-22-20-31-29(32-28-11-9-25(10-12-28)26-13-15-33(5)16-14-26)19-27(22)18-23-7-6-8-24(17-23)21-36(34,35)30(2,3)4/h6-12,17,19-20,26H,13-16,18,21H2,1-5H3,(H,31,32). The Labute approximate surface area is 216 Å². The second kappa shape index (κ2) is 10.7. The number of likely N-dealkylation sites (tertiary alicyclic amines) is 1. The average molecular weight is 506 g/mol. The van der Waals surface area contributed by atoms with E-state index in [-0.39, 0.29) is 5.75 Å². The number of pyridine rings is 1. The smallest absolute Gasteiger partial charge is 0.159 e. The summed E-state index contributed by atoms with van der Waals surface area (Å²) in [7, 11) is -1.03. The van der Waals surface area contributed by atoms with Gasteiger partial charge in [0.25, 0.3) is 0 Å². The number of nitrogens with zero attached hydrogens (tertiary/aromatic N) is 2. The van der Waals surface area contributed by atoms with Gasteiger partial charge >= 0.3 is 0 Å². The lowest BCUT2D eigenvalue weighted by Gasteiger charge is -2.29. The molecule has 0 unspecified atom stereocenters. The minimum Gasteiger partial charge on any atom is -0.340 e. The number of hydrogen-bond acceptors (Lipinski definition) is 5. The fourth-order valence-electron chi connectivity index (χ4n) is 4.64. The van der Waals surface area contributed by atoms with Crippen LogP contribution < -0.4 is 5.32 Å². The molecule has 2 heterocycles. The number of sulfone groups is 1. The van der Waals surface area contributed by atoms with Gasteiger partial charge in [0.15, 0.2) is 9.84 Å². The van der Waals surface area contributed by atoms with Crippen LogP contribution in [0.25, 0.3) is 0 Å². The summed E-state index contributed by atoms with van der Waals surface area (Å²) >= 11 is 0. The summed E-state index contributed by atoms with van der Waals surface area (Å²) in [6, 6.07) is 18.8. The fourth-order valence-corrected chi connectivity index (χ4v) is 5.69. The number of rotatable bonds is 7. The summed E-state index contributed by atoms with van der Waals surface area (Å²) in [6.45, 7) is 9.65. The van der Waals surface area contributed by atoms with Gasteiger partial charge in [-0.15, -0.1) is 0 Å². The molecule has 1 aromatic heterocycles. The van der Waals surface area contributed by atoms with Crippen molar-refractivity contribution >= 4 is 21.3 Å². The van der Waals surface area contributed by atoms with Gasteiger partial charge in [-0.25, -0.2) is 13.4 Å². The first-order valence-electron chi connectivity index (χ1n) is 12.8. The van der Waals surface area contributed by atoms with E-state index in [0.717, 1.165) is 47.7 Å². The molecular weight excluding hydrogens is 466 g/mol. The zero-order chi connectivity index (χ0) is 25.9. The fraction of sp³-hybridized carbons (Fsp3) is 0.433. The van der Waals surface area contributed by atoms with Gasteiger partial charge in [-0.3, -0.25) is 0 Å². The van der Waals surface area contributed by atoms with Crippen LogP contribution in [0.3, 0.4) is 0 Å². The lowest BCUT2D eigenvalue weighted by Crippen LogP contribution is -2.29. The molecule has 0 amide bonds. The second-order valence-corrected chi connectivity index (χ2v) is 13.9. The number of aromatic nitrogens is 1. The molecule has 1 aliphatic heterocycles. The number of hydrogen-bond donors (Lipinski definition) is 1. The van der Waals surface area contributed by atoms with Gasteiger partial charge in [0.2, 0.25) is 0 Å². The molecule has 1 saturated heterocycles. The van der Waals surface area contributed by atoms with Gasteiger partial charge in [0.1, 0.15) is 5.82 Å². The summed E-state index contributed by atoms with van der Waals surface area (Å²) < 4.78 is 24.6. The molecule has 0 bridgehead atoms. The Hall–Kier alpha value is -2.70. The van der Waals surface area contributed by atoms with Gasteiger partial charge in [0, 0.05) is 11.9 Å².